The Labute approximate surface area is 109 Å². The van der Waals surface area contributed by atoms with Crippen LogP contribution < -0.4 is 0 Å². The summed E-state index contributed by atoms with van der Waals surface area (Å²) in [5, 5.41) is 13.7. The average molecular weight is 256 g/mol. The number of carbonyl (C=O) groups is 1. The smallest absolute Gasteiger partial charge is 0.341 e. The van der Waals surface area contributed by atoms with Crippen molar-refractivity contribution in [3.8, 4) is 11.3 Å². The second-order valence-corrected chi connectivity index (χ2v) is 4.50. The van der Waals surface area contributed by atoms with E-state index in [1.54, 1.807) is 0 Å². The monoisotopic (exact) mass is 256 g/mol. The normalized spacial score (nSPS) is 11.1. The number of fused-ring (bicyclic) bond motifs is 1. The number of nitrogens with zero attached hydrogens (tertiary/aromatic N) is 2. The Hall–Kier alpha value is -2.56. The molecule has 0 fully saturated rings. The Bertz CT molecular complexity index is 783. The van der Waals surface area contributed by atoms with Gasteiger partial charge in [-0.3, -0.25) is 0 Å². The van der Waals surface area contributed by atoms with Gasteiger partial charge in [-0.15, -0.1) is 0 Å². The van der Waals surface area contributed by atoms with Gasteiger partial charge in [-0.25, -0.2) is 4.79 Å². The largest absolute Gasteiger partial charge is 0.477 e. The summed E-state index contributed by atoms with van der Waals surface area (Å²) in [5.74, 6) is -0.741. The summed E-state index contributed by atoms with van der Waals surface area (Å²) >= 11 is 0. The van der Waals surface area contributed by atoms with E-state index in [4.69, 9.17) is 9.63 Å². The summed E-state index contributed by atoms with van der Waals surface area (Å²) in [6.07, 6.45) is 3.10. The Morgan fingerprint density at radius 3 is 2.95 bits per heavy atom. The minimum atomic E-state index is -1.04. The first kappa shape index (κ1) is 11.5. The molecule has 1 aromatic carbocycles. The number of aryl methyl sites for hydroxylation is 2. The van der Waals surface area contributed by atoms with Crippen molar-refractivity contribution in [1.29, 1.82) is 0 Å². The molecule has 3 rings (SSSR count). The van der Waals surface area contributed by atoms with Gasteiger partial charge in [0.15, 0.2) is 5.76 Å². The number of aromatic nitrogens is 2. The van der Waals surface area contributed by atoms with Gasteiger partial charge in [-0.2, -0.15) is 0 Å². The molecule has 96 valence electrons. The first-order valence-electron chi connectivity index (χ1n) is 5.82. The van der Waals surface area contributed by atoms with Crippen molar-refractivity contribution in [3.05, 3.63) is 41.7 Å². The van der Waals surface area contributed by atoms with Gasteiger partial charge in [-0.1, -0.05) is 17.3 Å². The summed E-state index contributed by atoms with van der Waals surface area (Å²) in [7, 11) is 1.92. The maximum Gasteiger partial charge on any atom is 0.341 e. The zero-order valence-electron chi connectivity index (χ0n) is 10.5. The molecule has 0 saturated heterocycles. The fourth-order valence-corrected chi connectivity index (χ4v) is 2.38. The third kappa shape index (κ3) is 1.62. The van der Waals surface area contributed by atoms with Crippen LogP contribution in [0.3, 0.4) is 0 Å². The van der Waals surface area contributed by atoms with Crippen LogP contribution in [0.25, 0.3) is 22.2 Å². The lowest BCUT2D eigenvalue weighted by atomic mass is 10.0. The van der Waals surface area contributed by atoms with Crippen LogP contribution in [-0.4, -0.2) is 20.8 Å². The van der Waals surface area contributed by atoms with E-state index in [0.717, 1.165) is 22.0 Å². The number of hydrogen-bond acceptors (Lipinski definition) is 3. The summed E-state index contributed by atoms with van der Waals surface area (Å²) in [4.78, 5) is 11.2. The molecule has 3 aromatic rings. The van der Waals surface area contributed by atoms with Gasteiger partial charge < -0.3 is 14.2 Å². The summed E-state index contributed by atoms with van der Waals surface area (Å²) in [6.45, 7) is 1.99. The summed E-state index contributed by atoms with van der Waals surface area (Å²) in [6, 6.07) is 5.95. The van der Waals surface area contributed by atoms with Crippen molar-refractivity contribution < 1.29 is 14.4 Å². The van der Waals surface area contributed by atoms with Crippen molar-refractivity contribution >= 4 is 16.9 Å². The highest BCUT2D eigenvalue weighted by atomic mass is 16.5. The predicted octanol–water partition coefficient (Wildman–Crippen LogP) is 2.84. The molecule has 5 heteroatoms. The Kier molecular flexibility index (Phi) is 2.41. The SMILES string of the molecule is Cc1cccc2c1c(-c1oncc1C(=O)O)cn2C. The van der Waals surface area contributed by atoms with Crippen LogP contribution in [0.4, 0.5) is 0 Å². The summed E-state index contributed by atoms with van der Waals surface area (Å²) < 4.78 is 7.09. The van der Waals surface area contributed by atoms with Crippen molar-refractivity contribution in [1.82, 2.24) is 9.72 Å². The molecule has 0 aliphatic heterocycles. The number of carboxylic acids is 1. The molecule has 0 atom stereocenters. The number of rotatable bonds is 2. The van der Waals surface area contributed by atoms with Crippen LogP contribution in [0.2, 0.25) is 0 Å². The zero-order valence-corrected chi connectivity index (χ0v) is 10.5. The Morgan fingerprint density at radius 1 is 1.42 bits per heavy atom. The van der Waals surface area contributed by atoms with Gasteiger partial charge in [0.1, 0.15) is 5.56 Å². The number of benzene rings is 1. The highest BCUT2D eigenvalue weighted by molar-refractivity contribution is 6.02. The molecule has 19 heavy (non-hydrogen) atoms. The fraction of sp³-hybridized carbons (Fsp3) is 0.143. The Morgan fingerprint density at radius 2 is 2.21 bits per heavy atom. The molecule has 5 nitrogen and oxygen atoms in total. The molecule has 0 amide bonds. The van der Waals surface area contributed by atoms with Gasteiger partial charge in [0, 0.05) is 29.7 Å². The molecule has 0 radical (unpaired) electrons. The Balaban J connectivity index is 2.37. The fourth-order valence-electron chi connectivity index (χ4n) is 2.38. The van der Waals surface area contributed by atoms with Crippen LogP contribution >= 0.6 is 0 Å². The first-order valence-corrected chi connectivity index (χ1v) is 5.82. The van der Waals surface area contributed by atoms with Crippen molar-refractivity contribution in [2.75, 3.05) is 0 Å². The molecular formula is C14H12N2O3. The molecule has 0 aliphatic rings. The molecule has 0 saturated carbocycles. The van der Waals surface area contributed by atoms with Crippen LogP contribution in [0.5, 0.6) is 0 Å². The van der Waals surface area contributed by atoms with Gasteiger partial charge >= 0.3 is 5.97 Å². The molecule has 1 N–H and O–H groups in total. The highest BCUT2D eigenvalue weighted by Crippen LogP contribution is 2.34. The molecule has 0 bridgehead atoms. The van der Waals surface area contributed by atoms with E-state index < -0.39 is 5.97 Å². The van der Waals surface area contributed by atoms with Gasteiger partial charge in [0.2, 0.25) is 0 Å². The van der Waals surface area contributed by atoms with E-state index >= 15 is 0 Å². The van der Waals surface area contributed by atoms with Crippen LogP contribution in [0, 0.1) is 6.92 Å². The minimum absolute atomic E-state index is 0.0794. The molecule has 2 aromatic heterocycles. The minimum Gasteiger partial charge on any atom is -0.477 e. The predicted molar refractivity (Wildman–Crippen MR) is 70.1 cm³/mol. The average Bonchev–Trinajstić information content (AvgIpc) is 2.95. The second kappa shape index (κ2) is 3.98. The zero-order chi connectivity index (χ0) is 13.6. The van der Waals surface area contributed by atoms with E-state index in [-0.39, 0.29) is 5.56 Å². The lowest BCUT2D eigenvalue weighted by Crippen LogP contribution is -1.95. The molecule has 0 unspecified atom stereocenters. The lowest BCUT2D eigenvalue weighted by molar-refractivity contribution is 0.0697. The highest BCUT2D eigenvalue weighted by Gasteiger charge is 2.21. The maximum atomic E-state index is 11.2. The van der Waals surface area contributed by atoms with Crippen molar-refractivity contribution in [3.63, 3.8) is 0 Å². The van der Waals surface area contributed by atoms with E-state index in [1.165, 1.54) is 6.20 Å². The first-order chi connectivity index (χ1) is 9.09. The van der Waals surface area contributed by atoms with Gasteiger partial charge in [0.25, 0.3) is 0 Å². The quantitative estimate of drug-likeness (QED) is 0.765. The molecule has 0 spiro atoms. The standard InChI is InChI=1S/C14H12N2O3/c1-8-4-3-5-11-12(8)10(7-16(11)2)13-9(14(17)18)6-15-19-13/h3-7H,1-2H3,(H,17,18). The molecule has 0 aliphatic carbocycles. The van der Waals surface area contributed by atoms with E-state index in [0.29, 0.717) is 5.76 Å². The van der Waals surface area contributed by atoms with Crippen LogP contribution in [0.15, 0.2) is 35.1 Å². The molecule has 2 heterocycles. The van der Waals surface area contributed by atoms with Crippen LogP contribution in [-0.2, 0) is 7.05 Å². The third-order valence-corrected chi connectivity index (χ3v) is 3.27. The third-order valence-electron chi connectivity index (χ3n) is 3.27. The van der Waals surface area contributed by atoms with Gasteiger partial charge in [-0.05, 0) is 18.6 Å². The maximum absolute atomic E-state index is 11.2. The topological polar surface area (TPSA) is 68.3 Å². The number of carboxylic acid groups (broad SMARTS) is 1. The van der Waals surface area contributed by atoms with Gasteiger partial charge in [0.05, 0.1) is 6.20 Å². The summed E-state index contributed by atoms with van der Waals surface area (Å²) in [5.41, 5.74) is 2.94. The van der Waals surface area contributed by atoms with Crippen molar-refractivity contribution in [2.45, 2.75) is 6.92 Å². The van der Waals surface area contributed by atoms with Crippen LogP contribution in [0.1, 0.15) is 15.9 Å². The van der Waals surface area contributed by atoms with E-state index in [1.807, 2.05) is 42.9 Å². The van der Waals surface area contributed by atoms with E-state index in [9.17, 15) is 4.79 Å². The van der Waals surface area contributed by atoms with Crippen molar-refractivity contribution in [2.24, 2.45) is 7.05 Å². The molecular weight excluding hydrogens is 244 g/mol. The van der Waals surface area contributed by atoms with E-state index in [2.05, 4.69) is 5.16 Å². The lowest BCUT2D eigenvalue weighted by Gasteiger charge is -2.00. The second-order valence-electron chi connectivity index (χ2n) is 4.50. The number of aromatic carboxylic acids is 1. The number of hydrogen-bond donors (Lipinski definition) is 1.